The molecule has 2 aromatic rings. The lowest BCUT2D eigenvalue weighted by Gasteiger charge is -2.08. The molecule has 0 saturated heterocycles. The van der Waals surface area contributed by atoms with E-state index in [9.17, 15) is 0 Å². The van der Waals surface area contributed by atoms with Crippen molar-refractivity contribution in [1.29, 1.82) is 0 Å². The van der Waals surface area contributed by atoms with E-state index in [-0.39, 0.29) is 0 Å². The van der Waals surface area contributed by atoms with E-state index in [4.69, 9.17) is 9.47 Å². The Morgan fingerprint density at radius 3 is 2.60 bits per heavy atom. The summed E-state index contributed by atoms with van der Waals surface area (Å²) in [5.41, 5.74) is 2.26. The number of methoxy groups -OCH3 is 1. The van der Waals surface area contributed by atoms with Gasteiger partial charge in [0.15, 0.2) is 0 Å². The average Bonchev–Trinajstić information content (AvgIpc) is 2.52. The van der Waals surface area contributed by atoms with E-state index >= 15 is 0 Å². The van der Waals surface area contributed by atoms with Crippen molar-refractivity contribution in [3.63, 3.8) is 0 Å². The normalized spacial score (nSPS) is 10.3. The first kappa shape index (κ1) is 14.3. The second-order valence-corrected chi connectivity index (χ2v) is 4.42. The van der Waals surface area contributed by atoms with Crippen LogP contribution >= 0.6 is 0 Å². The van der Waals surface area contributed by atoms with E-state index in [0.717, 1.165) is 24.4 Å². The fourth-order valence-corrected chi connectivity index (χ4v) is 1.79. The molecule has 4 nitrogen and oxygen atoms in total. The maximum atomic E-state index is 5.71. The van der Waals surface area contributed by atoms with E-state index in [1.54, 1.807) is 13.3 Å². The monoisotopic (exact) mass is 272 g/mol. The number of aromatic nitrogens is 1. The molecule has 0 atom stereocenters. The molecule has 106 valence electrons. The number of benzene rings is 1. The quantitative estimate of drug-likeness (QED) is 0.841. The summed E-state index contributed by atoms with van der Waals surface area (Å²) in [6, 6.07) is 11.8. The molecule has 1 N–H and O–H groups in total. The van der Waals surface area contributed by atoms with Crippen molar-refractivity contribution in [3.05, 3.63) is 53.7 Å². The van der Waals surface area contributed by atoms with Gasteiger partial charge < -0.3 is 14.8 Å². The highest BCUT2D eigenvalue weighted by Gasteiger charge is 2.00. The molecular weight excluding hydrogens is 252 g/mol. The molecular formula is C16H20N2O2. The van der Waals surface area contributed by atoms with E-state index in [0.29, 0.717) is 12.5 Å². The van der Waals surface area contributed by atoms with Crippen LogP contribution in [0.25, 0.3) is 0 Å². The molecule has 0 spiro atoms. The minimum Gasteiger partial charge on any atom is -0.497 e. The first-order valence-electron chi connectivity index (χ1n) is 6.73. The van der Waals surface area contributed by atoms with Gasteiger partial charge in [0.25, 0.3) is 0 Å². The Kier molecular flexibility index (Phi) is 5.38. The highest BCUT2D eigenvalue weighted by atomic mass is 16.5. The van der Waals surface area contributed by atoms with Crippen molar-refractivity contribution in [2.45, 2.75) is 20.1 Å². The minimum absolute atomic E-state index is 0.502. The van der Waals surface area contributed by atoms with Crippen molar-refractivity contribution in [3.8, 4) is 11.6 Å². The fraction of sp³-hybridized carbons (Fsp3) is 0.312. The van der Waals surface area contributed by atoms with Crippen LogP contribution in [0.5, 0.6) is 11.6 Å². The topological polar surface area (TPSA) is 43.4 Å². The zero-order valence-electron chi connectivity index (χ0n) is 11.9. The van der Waals surface area contributed by atoms with Crippen LogP contribution in [-0.2, 0) is 13.2 Å². The van der Waals surface area contributed by atoms with Crippen LogP contribution in [-0.4, -0.2) is 18.6 Å². The second-order valence-electron chi connectivity index (χ2n) is 4.42. The number of pyridine rings is 1. The Morgan fingerprint density at radius 1 is 1.10 bits per heavy atom. The summed E-state index contributed by atoms with van der Waals surface area (Å²) in [6.45, 7) is 4.37. The SMILES string of the molecule is CCNCc1ccnc(OCc2ccc(OC)cc2)c1. The molecule has 2 rings (SSSR count). The fourth-order valence-electron chi connectivity index (χ4n) is 1.79. The van der Waals surface area contributed by atoms with Gasteiger partial charge in [0, 0.05) is 18.8 Å². The van der Waals surface area contributed by atoms with Crippen LogP contribution in [0.15, 0.2) is 42.6 Å². The van der Waals surface area contributed by atoms with Gasteiger partial charge in [0.1, 0.15) is 12.4 Å². The predicted octanol–water partition coefficient (Wildman–Crippen LogP) is 2.78. The highest BCUT2D eigenvalue weighted by Crippen LogP contribution is 2.14. The van der Waals surface area contributed by atoms with Gasteiger partial charge in [-0.3, -0.25) is 0 Å². The summed E-state index contributed by atoms with van der Waals surface area (Å²) < 4.78 is 10.8. The standard InChI is InChI=1S/C16H20N2O2/c1-3-17-11-14-8-9-18-16(10-14)20-12-13-4-6-15(19-2)7-5-13/h4-10,17H,3,11-12H2,1-2H3. The van der Waals surface area contributed by atoms with Gasteiger partial charge in [0.05, 0.1) is 7.11 Å². The summed E-state index contributed by atoms with van der Waals surface area (Å²) in [7, 11) is 1.66. The van der Waals surface area contributed by atoms with Gasteiger partial charge >= 0.3 is 0 Å². The molecule has 0 radical (unpaired) electrons. The largest absolute Gasteiger partial charge is 0.497 e. The molecule has 0 saturated carbocycles. The lowest BCUT2D eigenvalue weighted by atomic mass is 10.2. The third-order valence-electron chi connectivity index (χ3n) is 2.92. The molecule has 0 bridgehead atoms. The molecule has 0 aliphatic rings. The first-order chi connectivity index (χ1) is 9.81. The van der Waals surface area contributed by atoms with E-state index < -0.39 is 0 Å². The Labute approximate surface area is 119 Å². The lowest BCUT2D eigenvalue weighted by molar-refractivity contribution is 0.293. The predicted molar refractivity (Wildman–Crippen MR) is 78.9 cm³/mol. The molecule has 0 amide bonds. The average molecular weight is 272 g/mol. The van der Waals surface area contributed by atoms with Crippen molar-refractivity contribution in [1.82, 2.24) is 10.3 Å². The molecule has 1 aromatic heterocycles. The summed E-state index contributed by atoms with van der Waals surface area (Å²) in [5, 5.41) is 3.28. The summed E-state index contributed by atoms with van der Waals surface area (Å²) in [4.78, 5) is 4.22. The van der Waals surface area contributed by atoms with Gasteiger partial charge in [-0.2, -0.15) is 0 Å². The van der Waals surface area contributed by atoms with Gasteiger partial charge in [-0.1, -0.05) is 19.1 Å². The Balaban J connectivity index is 1.92. The molecule has 1 heterocycles. The minimum atomic E-state index is 0.502. The van der Waals surface area contributed by atoms with Crippen LogP contribution < -0.4 is 14.8 Å². The van der Waals surface area contributed by atoms with E-state index in [1.165, 1.54) is 5.56 Å². The number of hydrogen-bond acceptors (Lipinski definition) is 4. The second kappa shape index (κ2) is 7.50. The molecule has 1 aromatic carbocycles. The number of ether oxygens (including phenoxy) is 2. The van der Waals surface area contributed by atoms with E-state index in [2.05, 4.69) is 17.2 Å². The molecule has 20 heavy (non-hydrogen) atoms. The Hall–Kier alpha value is -2.07. The molecule has 0 aliphatic heterocycles. The van der Waals surface area contributed by atoms with Crippen molar-refractivity contribution >= 4 is 0 Å². The maximum absolute atomic E-state index is 5.71. The summed E-state index contributed by atoms with van der Waals surface area (Å²) in [6.07, 6.45) is 1.77. The number of hydrogen-bond donors (Lipinski definition) is 1. The third-order valence-corrected chi connectivity index (χ3v) is 2.92. The van der Waals surface area contributed by atoms with Gasteiger partial charge in [-0.05, 0) is 35.9 Å². The lowest BCUT2D eigenvalue weighted by Crippen LogP contribution is -2.11. The highest BCUT2D eigenvalue weighted by molar-refractivity contribution is 5.27. The maximum Gasteiger partial charge on any atom is 0.213 e. The van der Waals surface area contributed by atoms with Crippen LogP contribution in [0, 0.1) is 0 Å². The first-order valence-corrected chi connectivity index (χ1v) is 6.73. The number of rotatable bonds is 7. The zero-order valence-corrected chi connectivity index (χ0v) is 11.9. The smallest absolute Gasteiger partial charge is 0.213 e. The van der Waals surface area contributed by atoms with Gasteiger partial charge in [-0.15, -0.1) is 0 Å². The van der Waals surface area contributed by atoms with Crippen molar-refractivity contribution in [2.24, 2.45) is 0 Å². The Bertz CT molecular complexity index is 526. The van der Waals surface area contributed by atoms with Gasteiger partial charge in [-0.25, -0.2) is 4.98 Å². The molecule has 4 heteroatoms. The Morgan fingerprint density at radius 2 is 1.90 bits per heavy atom. The van der Waals surface area contributed by atoms with Crippen LogP contribution in [0.3, 0.4) is 0 Å². The van der Waals surface area contributed by atoms with Gasteiger partial charge in [0.2, 0.25) is 5.88 Å². The number of nitrogens with one attached hydrogen (secondary N) is 1. The molecule has 0 unspecified atom stereocenters. The zero-order chi connectivity index (χ0) is 14.2. The van der Waals surface area contributed by atoms with Crippen LogP contribution in [0.1, 0.15) is 18.1 Å². The van der Waals surface area contributed by atoms with Crippen LogP contribution in [0.2, 0.25) is 0 Å². The molecule has 0 fully saturated rings. The van der Waals surface area contributed by atoms with Crippen molar-refractivity contribution < 1.29 is 9.47 Å². The van der Waals surface area contributed by atoms with Crippen LogP contribution in [0.4, 0.5) is 0 Å². The molecule has 0 aliphatic carbocycles. The van der Waals surface area contributed by atoms with E-state index in [1.807, 2.05) is 36.4 Å². The summed E-state index contributed by atoms with van der Waals surface area (Å²) >= 11 is 0. The number of nitrogens with zero attached hydrogens (tertiary/aromatic N) is 1. The van der Waals surface area contributed by atoms with Crippen molar-refractivity contribution in [2.75, 3.05) is 13.7 Å². The summed E-state index contributed by atoms with van der Waals surface area (Å²) in [5.74, 6) is 1.50. The third kappa shape index (κ3) is 4.24.